The zero-order valence-corrected chi connectivity index (χ0v) is 10.3. The van der Waals surface area contributed by atoms with Crippen molar-refractivity contribution in [2.45, 2.75) is 16.7 Å². The van der Waals surface area contributed by atoms with Crippen molar-refractivity contribution in [3.8, 4) is 0 Å². The highest BCUT2D eigenvalue weighted by atomic mass is 32.2. The lowest BCUT2D eigenvalue weighted by molar-refractivity contribution is 0.101. The number of carbonyl (C=O) groups excluding carboxylic acids is 1. The molecule has 0 unspecified atom stereocenters. The number of benzene rings is 2. The zero-order valence-electron chi connectivity index (χ0n) is 9.51. The number of rotatable bonds is 3. The lowest BCUT2D eigenvalue weighted by Gasteiger charge is -2.03. The van der Waals surface area contributed by atoms with Crippen molar-refractivity contribution in [2.24, 2.45) is 0 Å². The van der Waals surface area contributed by atoms with E-state index >= 15 is 0 Å². The highest BCUT2D eigenvalue weighted by Crippen LogP contribution is 2.28. The van der Waals surface area contributed by atoms with Gasteiger partial charge in [-0.1, -0.05) is 23.9 Å². The smallest absolute Gasteiger partial charge is 0.159 e. The van der Waals surface area contributed by atoms with Gasteiger partial charge < -0.3 is 5.73 Å². The minimum absolute atomic E-state index is 0.0877. The van der Waals surface area contributed by atoms with E-state index in [4.69, 9.17) is 5.73 Å². The van der Waals surface area contributed by atoms with Gasteiger partial charge in [0.05, 0.1) is 0 Å². The summed E-state index contributed by atoms with van der Waals surface area (Å²) in [4.78, 5) is 13.4. The van der Waals surface area contributed by atoms with Gasteiger partial charge in [-0.3, -0.25) is 4.79 Å². The maximum absolute atomic E-state index is 11.3. The van der Waals surface area contributed by atoms with Gasteiger partial charge in [0, 0.05) is 21.0 Å². The molecule has 2 aromatic carbocycles. The number of nitrogens with two attached hydrogens (primary N) is 1. The Labute approximate surface area is 105 Å². The van der Waals surface area contributed by atoms with Gasteiger partial charge in [0.2, 0.25) is 0 Å². The molecule has 0 saturated carbocycles. The van der Waals surface area contributed by atoms with Crippen molar-refractivity contribution in [1.29, 1.82) is 0 Å². The first-order valence-electron chi connectivity index (χ1n) is 5.29. The largest absolute Gasteiger partial charge is 0.399 e. The number of anilines is 1. The number of hydrogen-bond donors (Lipinski definition) is 1. The van der Waals surface area contributed by atoms with Gasteiger partial charge in [-0.05, 0) is 43.3 Å². The van der Waals surface area contributed by atoms with Crippen molar-refractivity contribution in [3.05, 3.63) is 54.1 Å². The van der Waals surface area contributed by atoms with Crippen LogP contribution in [0.25, 0.3) is 0 Å². The number of ketones is 1. The molecule has 0 aliphatic carbocycles. The first kappa shape index (κ1) is 11.7. The van der Waals surface area contributed by atoms with E-state index in [2.05, 4.69) is 0 Å². The van der Waals surface area contributed by atoms with Gasteiger partial charge in [-0.15, -0.1) is 0 Å². The third kappa shape index (κ3) is 3.11. The molecular formula is C14H13NOS. The minimum atomic E-state index is 0.0877. The fourth-order valence-corrected chi connectivity index (χ4v) is 2.33. The lowest BCUT2D eigenvalue weighted by atomic mass is 10.2. The summed E-state index contributed by atoms with van der Waals surface area (Å²) < 4.78 is 0. The lowest BCUT2D eigenvalue weighted by Crippen LogP contribution is -1.90. The molecule has 2 aromatic rings. The molecule has 0 aliphatic heterocycles. The Balaban J connectivity index is 2.21. The Morgan fingerprint density at radius 3 is 2.41 bits per heavy atom. The molecule has 0 heterocycles. The second-order valence-electron chi connectivity index (χ2n) is 3.76. The SMILES string of the molecule is CC(=O)c1cccc(Sc2ccc(N)cc2)c1. The highest BCUT2D eigenvalue weighted by Gasteiger charge is 2.02. The summed E-state index contributed by atoms with van der Waals surface area (Å²) in [6, 6.07) is 15.3. The topological polar surface area (TPSA) is 43.1 Å². The molecule has 86 valence electrons. The van der Waals surface area contributed by atoms with E-state index in [1.807, 2.05) is 48.5 Å². The van der Waals surface area contributed by atoms with Gasteiger partial charge in [0.1, 0.15) is 0 Å². The van der Waals surface area contributed by atoms with Crippen LogP contribution < -0.4 is 5.73 Å². The Morgan fingerprint density at radius 1 is 1.06 bits per heavy atom. The Bertz CT molecular complexity index is 534. The standard InChI is InChI=1S/C14H13NOS/c1-10(16)11-3-2-4-14(9-11)17-13-7-5-12(15)6-8-13/h2-9H,15H2,1H3. The van der Waals surface area contributed by atoms with Crippen LogP contribution in [0.1, 0.15) is 17.3 Å². The fourth-order valence-electron chi connectivity index (χ4n) is 1.45. The van der Waals surface area contributed by atoms with Crippen LogP contribution in [0.3, 0.4) is 0 Å². The van der Waals surface area contributed by atoms with Crippen LogP contribution in [-0.4, -0.2) is 5.78 Å². The third-order valence-corrected chi connectivity index (χ3v) is 3.35. The molecule has 2 nitrogen and oxygen atoms in total. The van der Waals surface area contributed by atoms with Gasteiger partial charge in [0.15, 0.2) is 5.78 Å². The van der Waals surface area contributed by atoms with Crippen LogP contribution in [0, 0.1) is 0 Å². The van der Waals surface area contributed by atoms with Crippen molar-refractivity contribution < 1.29 is 4.79 Å². The molecule has 2 N–H and O–H groups in total. The molecule has 0 saturated heterocycles. The summed E-state index contributed by atoms with van der Waals surface area (Å²) in [6.45, 7) is 1.58. The molecule has 0 aliphatic rings. The van der Waals surface area contributed by atoms with E-state index in [1.54, 1.807) is 18.7 Å². The van der Waals surface area contributed by atoms with Gasteiger partial charge in [-0.25, -0.2) is 0 Å². The highest BCUT2D eigenvalue weighted by molar-refractivity contribution is 7.99. The van der Waals surface area contributed by atoms with Crippen molar-refractivity contribution >= 4 is 23.2 Å². The number of nitrogen functional groups attached to an aromatic ring is 1. The maximum atomic E-state index is 11.3. The maximum Gasteiger partial charge on any atom is 0.159 e. The second kappa shape index (κ2) is 5.06. The molecule has 2 rings (SSSR count). The first-order chi connectivity index (χ1) is 8.15. The van der Waals surface area contributed by atoms with E-state index < -0.39 is 0 Å². The van der Waals surface area contributed by atoms with Gasteiger partial charge in [-0.2, -0.15) is 0 Å². The molecule has 3 heteroatoms. The third-order valence-electron chi connectivity index (χ3n) is 2.36. The Hall–Kier alpha value is -1.74. The summed E-state index contributed by atoms with van der Waals surface area (Å²) in [5.41, 5.74) is 7.13. The van der Waals surface area contributed by atoms with Gasteiger partial charge in [0.25, 0.3) is 0 Å². The van der Waals surface area contributed by atoms with Crippen molar-refractivity contribution in [2.75, 3.05) is 5.73 Å². The second-order valence-corrected chi connectivity index (χ2v) is 4.90. The van der Waals surface area contributed by atoms with Crippen molar-refractivity contribution in [1.82, 2.24) is 0 Å². The Kier molecular flexibility index (Phi) is 3.49. The van der Waals surface area contributed by atoms with E-state index in [0.29, 0.717) is 0 Å². The molecule has 17 heavy (non-hydrogen) atoms. The average Bonchev–Trinajstić information content (AvgIpc) is 2.32. The van der Waals surface area contributed by atoms with Gasteiger partial charge >= 0.3 is 0 Å². The predicted molar refractivity (Wildman–Crippen MR) is 71.4 cm³/mol. The molecule has 0 aromatic heterocycles. The molecular weight excluding hydrogens is 230 g/mol. The van der Waals surface area contributed by atoms with E-state index in [9.17, 15) is 4.79 Å². The summed E-state index contributed by atoms with van der Waals surface area (Å²) in [5.74, 6) is 0.0877. The quantitative estimate of drug-likeness (QED) is 0.661. The monoisotopic (exact) mass is 243 g/mol. The molecule has 0 amide bonds. The van der Waals surface area contributed by atoms with Crippen molar-refractivity contribution in [3.63, 3.8) is 0 Å². The van der Waals surface area contributed by atoms with E-state index in [-0.39, 0.29) is 5.78 Å². The van der Waals surface area contributed by atoms with Crippen LogP contribution in [0.4, 0.5) is 5.69 Å². The van der Waals surface area contributed by atoms with Crippen LogP contribution in [0.15, 0.2) is 58.3 Å². The van der Waals surface area contributed by atoms with Crippen LogP contribution in [0.2, 0.25) is 0 Å². The zero-order chi connectivity index (χ0) is 12.3. The molecule has 0 bridgehead atoms. The Morgan fingerprint density at radius 2 is 1.76 bits per heavy atom. The first-order valence-corrected chi connectivity index (χ1v) is 6.11. The number of hydrogen-bond acceptors (Lipinski definition) is 3. The van der Waals surface area contributed by atoms with Crippen LogP contribution in [-0.2, 0) is 0 Å². The normalized spacial score (nSPS) is 10.2. The number of Topliss-reactive ketones (excluding diaryl/α,β-unsaturated/α-hetero) is 1. The van der Waals surface area contributed by atoms with Crippen LogP contribution >= 0.6 is 11.8 Å². The molecule has 0 radical (unpaired) electrons. The summed E-state index contributed by atoms with van der Waals surface area (Å²) >= 11 is 1.62. The minimum Gasteiger partial charge on any atom is -0.399 e. The van der Waals surface area contributed by atoms with E-state index in [0.717, 1.165) is 21.0 Å². The fraction of sp³-hybridized carbons (Fsp3) is 0.0714. The van der Waals surface area contributed by atoms with Crippen LogP contribution in [0.5, 0.6) is 0 Å². The summed E-state index contributed by atoms with van der Waals surface area (Å²) in [5, 5.41) is 0. The molecule has 0 fully saturated rings. The van der Waals surface area contributed by atoms with E-state index in [1.165, 1.54) is 0 Å². The number of carbonyl (C=O) groups is 1. The summed E-state index contributed by atoms with van der Waals surface area (Å²) in [6.07, 6.45) is 0. The summed E-state index contributed by atoms with van der Waals surface area (Å²) in [7, 11) is 0. The predicted octanol–water partition coefficient (Wildman–Crippen LogP) is 3.62. The average molecular weight is 243 g/mol. The molecule has 0 spiro atoms. The molecule has 0 atom stereocenters.